The molecule has 17 heteroatoms. The standard InChI is InChI=1S/C30H37ClF3N7O5S/c1-28(2)15-19(17-36-28)5-4-13-35-22-6-3-7-25(37-22)47(44,45)40-27(43)21-8-9-23(38-26(21)31)41-14-10-24(39-41)46-18-20(42)16-29(11-12-29)30(32,33)34/h3,6-10,14,19-20,36,42H,4-5,11-13,15-18H2,1-2H3,(H,35,37)(H,40,43). The van der Waals surface area contributed by atoms with Gasteiger partial charge in [0, 0.05) is 24.3 Å². The number of amides is 1. The number of alkyl halides is 3. The molecular formula is C30H37ClF3N7O5S. The lowest BCUT2D eigenvalue weighted by molar-refractivity contribution is -0.195. The molecule has 2 unspecified atom stereocenters. The number of nitrogens with zero attached hydrogens (tertiary/aromatic N) is 4. The van der Waals surface area contributed by atoms with Crippen molar-refractivity contribution in [2.75, 3.05) is 25.0 Å². The van der Waals surface area contributed by atoms with Crippen LogP contribution in [0.5, 0.6) is 5.88 Å². The summed E-state index contributed by atoms with van der Waals surface area (Å²) in [7, 11) is -4.35. The number of aliphatic hydroxyl groups is 1. The van der Waals surface area contributed by atoms with Gasteiger partial charge in [0.2, 0.25) is 5.88 Å². The fourth-order valence-electron chi connectivity index (χ4n) is 5.67. The van der Waals surface area contributed by atoms with Gasteiger partial charge in [-0.1, -0.05) is 17.7 Å². The van der Waals surface area contributed by atoms with Crippen molar-refractivity contribution in [3.63, 3.8) is 0 Å². The number of pyridine rings is 2. The number of halogens is 4. The number of anilines is 1. The van der Waals surface area contributed by atoms with Gasteiger partial charge in [-0.2, -0.15) is 21.6 Å². The number of carbonyl (C=O) groups is 1. The van der Waals surface area contributed by atoms with Crippen LogP contribution in [0.2, 0.25) is 5.15 Å². The molecule has 3 aromatic heterocycles. The molecule has 47 heavy (non-hydrogen) atoms. The second kappa shape index (κ2) is 13.6. The van der Waals surface area contributed by atoms with E-state index in [9.17, 15) is 31.5 Å². The summed E-state index contributed by atoms with van der Waals surface area (Å²) in [5.74, 6) is 0.0935. The molecule has 256 valence electrons. The number of aliphatic hydroxyl groups excluding tert-OH is 1. The summed E-state index contributed by atoms with van der Waals surface area (Å²) in [6.45, 7) is 5.57. The maximum atomic E-state index is 13.1. The molecule has 4 N–H and O–H groups in total. The van der Waals surface area contributed by atoms with Gasteiger partial charge in [0.1, 0.15) is 17.6 Å². The molecular weight excluding hydrogens is 663 g/mol. The van der Waals surface area contributed by atoms with Crippen molar-refractivity contribution in [1.29, 1.82) is 0 Å². The molecule has 2 atom stereocenters. The Morgan fingerprint density at radius 1 is 1.21 bits per heavy atom. The number of ether oxygens (including phenoxy) is 1. The van der Waals surface area contributed by atoms with Gasteiger partial charge >= 0.3 is 6.18 Å². The van der Waals surface area contributed by atoms with Crippen molar-refractivity contribution in [2.24, 2.45) is 11.3 Å². The molecule has 4 heterocycles. The number of hydrogen-bond donors (Lipinski definition) is 4. The molecule has 1 aliphatic carbocycles. The molecule has 0 radical (unpaired) electrons. The molecule has 0 spiro atoms. The van der Waals surface area contributed by atoms with Crippen LogP contribution in [-0.4, -0.2) is 76.7 Å². The molecule has 1 saturated heterocycles. The Hall–Kier alpha value is -3.47. The lowest BCUT2D eigenvalue weighted by atomic mass is 9.94. The zero-order chi connectivity index (χ0) is 34.0. The maximum Gasteiger partial charge on any atom is 0.394 e. The lowest BCUT2D eigenvalue weighted by Crippen LogP contribution is -2.31. The van der Waals surface area contributed by atoms with Crippen LogP contribution in [0, 0.1) is 11.3 Å². The Morgan fingerprint density at radius 2 is 1.98 bits per heavy atom. The molecule has 0 bridgehead atoms. The lowest BCUT2D eigenvalue weighted by Gasteiger charge is -2.21. The van der Waals surface area contributed by atoms with Crippen molar-refractivity contribution < 1.29 is 36.2 Å². The molecule has 3 aromatic rings. The van der Waals surface area contributed by atoms with Crippen molar-refractivity contribution in [3.8, 4) is 11.7 Å². The van der Waals surface area contributed by atoms with Crippen molar-refractivity contribution in [2.45, 2.75) is 75.2 Å². The van der Waals surface area contributed by atoms with Gasteiger partial charge in [0.25, 0.3) is 15.9 Å². The van der Waals surface area contributed by atoms with Gasteiger partial charge in [0.05, 0.1) is 17.1 Å². The first-order valence-electron chi connectivity index (χ1n) is 15.2. The van der Waals surface area contributed by atoms with Gasteiger partial charge in [0.15, 0.2) is 10.8 Å². The maximum absolute atomic E-state index is 13.1. The van der Waals surface area contributed by atoms with Gasteiger partial charge in [-0.05, 0) is 89.1 Å². The number of nitrogens with one attached hydrogen (secondary N) is 3. The van der Waals surface area contributed by atoms with Crippen LogP contribution < -0.4 is 20.1 Å². The normalized spacial score (nSPS) is 19.3. The zero-order valence-corrected chi connectivity index (χ0v) is 27.4. The van der Waals surface area contributed by atoms with Crippen LogP contribution in [0.4, 0.5) is 19.0 Å². The molecule has 5 rings (SSSR count). The average Bonchev–Trinajstić information content (AvgIpc) is 3.49. The summed E-state index contributed by atoms with van der Waals surface area (Å²) in [4.78, 5) is 21.1. The minimum absolute atomic E-state index is 0.0196. The van der Waals surface area contributed by atoms with Gasteiger partial charge in [-0.25, -0.2) is 19.4 Å². The van der Waals surface area contributed by atoms with E-state index in [1.54, 1.807) is 6.07 Å². The third-order valence-corrected chi connectivity index (χ3v) is 9.89. The van der Waals surface area contributed by atoms with E-state index in [1.807, 2.05) is 4.72 Å². The third kappa shape index (κ3) is 8.72. The van der Waals surface area contributed by atoms with Crippen LogP contribution in [-0.2, 0) is 10.0 Å². The summed E-state index contributed by atoms with van der Waals surface area (Å²) in [6.07, 6.45) is -1.76. The van der Waals surface area contributed by atoms with E-state index in [0.29, 0.717) is 18.3 Å². The topological polar surface area (TPSA) is 160 Å². The number of rotatable bonds is 14. The highest BCUT2D eigenvalue weighted by molar-refractivity contribution is 7.90. The predicted octanol–water partition coefficient (Wildman–Crippen LogP) is 4.49. The fraction of sp³-hybridized carbons (Fsp3) is 0.533. The predicted molar refractivity (Wildman–Crippen MR) is 167 cm³/mol. The van der Waals surface area contributed by atoms with Crippen LogP contribution in [0.1, 0.15) is 62.7 Å². The van der Waals surface area contributed by atoms with E-state index in [-0.39, 0.29) is 52.4 Å². The highest BCUT2D eigenvalue weighted by atomic mass is 35.5. The quantitative estimate of drug-likeness (QED) is 0.140. The van der Waals surface area contributed by atoms with E-state index in [2.05, 4.69) is 39.5 Å². The third-order valence-electron chi connectivity index (χ3n) is 8.37. The van der Waals surface area contributed by atoms with E-state index >= 15 is 0 Å². The second-order valence-electron chi connectivity index (χ2n) is 12.8. The van der Waals surface area contributed by atoms with Crippen LogP contribution in [0.25, 0.3) is 5.82 Å². The number of sulfonamides is 1. The Kier molecular flexibility index (Phi) is 10.1. The first kappa shape index (κ1) is 34.9. The number of hydrogen-bond acceptors (Lipinski definition) is 10. The van der Waals surface area contributed by atoms with Crippen LogP contribution in [0.15, 0.2) is 47.6 Å². The number of carbonyl (C=O) groups excluding carboxylic acids is 1. The highest BCUT2D eigenvalue weighted by Crippen LogP contribution is 2.60. The zero-order valence-electron chi connectivity index (χ0n) is 25.8. The molecule has 2 fully saturated rings. The first-order chi connectivity index (χ1) is 22.1. The smallest absolute Gasteiger partial charge is 0.394 e. The van der Waals surface area contributed by atoms with E-state index < -0.39 is 40.0 Å². The second-order valence-corrected chi connectivity index (χ2v) is 14.7. The Balaban J connectivity index is 1.13. The highest BCUT2D eigenvalue weighted by Gasteiger charge is 2.63. The summed E-state index contributed by atoms with van der Waals surface area (Å²) in [5, 5.41) is 20.2. The van der Waals surface area contributed by atoms with Crippen LogP contribution >= 0.6 is 11.6 Å². The van der Waals surface area contributed by atoms with Crippen LogP contribution in [0.3, 0.4) is 0 Å². The van der Waals surface area contributed by atoms with E-state index in [4.69, 9.17) is 16.3 Å². The molecule has 2 aliphatic rings. The van der Waals surface area contributed by atoms with Crippen molar-refractivity contribution in [3.05, 3.63) is 53.3 Å². The average molecular weight is 700 g/mol. The molecule has 1 saturated carbocycles. The van der Waals surface area contributed by atoms with Gasteiger partial charge in [-0.15, -0.1) is 5.10 Å². The van der Waals surface area contributed by atoms with E-state index in [1.165, 1.54) is 41.2 Å². The number of aromatic nitrogens is 4. The Labute approximate surface area is 275 Å². The first-order valence-corrected chi connectivity index (χ1v) is 17.1. The minimum Gasteiger partial charge on any atom is -0.474 e. The van der Waals surface area contributed by atoms with Crippen molar-refractivity contribution >= 4 is 33.3 Å². The summed E-state index contributed by atoms with van der Waals surface area (Å²) in [6, 6.07) is 8.48. The Bertz CT molecular complexity index is 1700. The fourth-order valence-corrected chi connectivity index (χ4v) is 6.84. The molecule has 1 aliphatic heterocycles. The van der Waals surface area contributed by atoms with Gasteiger partial charge < -0.3 is 20.5 Å². The van der Waals surface area contributed by atoms with Crippen molar-refractivity contribution in [1.82, 2.24) is 29.8 Å². The van der Waals surface area contributed by atoms with E-state index in [0.717, 1.165) is 25.8 Å². The minimum atomic E-state index is -4.38. The molecule has 1 amide bonds. The summed E-state index contributed by atoms with van der Waals surface area (Å²) < 4.78 is 74.0. The van der Waals surface area contributed by atoms with Gasteiger partial charge in [-0.3, -0.25) is 4.79 Å². The summed E-state index contributed by atoms with van der Waals surface area (Å²) in [5.41, 5.74) is -1.93. The largest absolute Gasteiger partial charge is 0.474 e. The molecule has 12 nitrogen and oxygen atoms in total. The summed E-state index contributed by atoms with van der Waals surface area (Å²) >= 11 is 6.23. The Morgan fingerprint density at radius 3 is 2.64 bits per heavy atom. The molecule has 0 aromatic carbocycles. The SMILES string of the molecule is CC1(C)CC(CCCNc2cccc(S(=O)(=O)NC(=O)c3ccc(-n4ccc(OCC(O)CC5(C(F)(F)F)CC5)n4)nc3Cl)n2)CN1. The monoisotopic (exact) mass is 699 g/mol.